The summed E-state index contributed by atoms with van der Waals surface area (Å²) in [7, 11) is 0. The molecule has 3 rings (SSSR count). The van der Waals surface area contributed by atoms with Crippen molar-refractivity contribution in [3.05, 3.63) is 42.1 Å². The van der Waals surface area contributed by atoms with E-state index < -0.39 is 0 Å². The van der Waals surface area contributed by atoms with Crippen LogP contribution in [0.2, 0.25) is 0 Å². The van der Waals surface area contributed by atoms with E-state index in [1.54, 1.807) is 0 Å². The number of rotatable bonds is 1. The monoisotopic (exact) mass is 212 g/mol. The van der Waals surface area contributed by atoms with Gasteiger partial charge in [0.25, 0.3) is 0 Å². The molecule has 0 saturated carbocycles. The molecule has 1 fully saturated rings. The van der Waals surface area contributed by atoms with Crippen LogP contribution in [0.1, 0.15) is 30.9 Å². The summed E-state index contributed by atoms with van der Waals surface area (Å²) in [4.78, 5) is 4.35. The third-order valence-corrected chi connectivity index (χ3v) is 3.34. The number of pyridine rings is 1. The predicted molar refractivity (Wildman–Crippen MR) is 66.3 cm³/mol. The highest BCUT2D eigenvalue weighted by molar-refractivity contribution is 5.79. The molecule has 1 aliphatic rings. The van der Waals surface area contributed by atoms with Crippen LogP contribution in [0, 0.1) is 0 Å². The highest BCUT2D eigenvalue weighted by Crippen LogP contribution is 2.25. The molecule has 1 atom stereocenters. The average molecular weight is 212 g/mol. The molecule has 0 spiro atoms. The van der Waals surface area contributed by atoms with Crippen LogP contribution in [0.4, 0.5) is 0 Å². The van der Waals surface area contributed by atoms with E-state index in [2.05, 4.69) is 34.6 Å². The maximum atomic E-state index is 4.35. The van der Waals surface area contributed by atoms with Gasteiger partial charge in [-0.25, -0.2) is 0 Å². The lowest BCUT2D eigenvalue weighted by atomic mass is 9.96. The number of benzene rings is 1. The predicted octanol–water partition coefficient (Wildman–Crippen LogP) is 3.05. The third-order valence-electron chi connectivity index (χ3n) is 3.34. The Hall–Kier alpha value is -1.41. The topological polar surface area (TPSA) is 24.9 Å². The second kappa shape index (κ2) is 4.22. The highest BCUT2D eigenvalue weighted by Gasteiger charge is 2.14. The molecule has 2 heteroatoms. The van der Waals surface area contributed by atoms with Crippen molar-refractivity contribution in [2.45, 2.75) is 25.3 Å². The molecule has 0 unspecified atom stereocenters. The smallest absolute Gasteiger partial charge is 0.0702 e. The largest absolute Gasteiger partial charge is 0.310 e. The first kappa shape index (κ1) is 9.79. The Morgan fingerprint density at radius 3 is 3.06 bits per heavy atom. The van der Waals surface area contributed by atoms with Crippen LogP contribution in [0.3, 0.4) is 0 Å². The summed E-state index contributed by atoms with van der Waals surface area (Å²) in [5.41, 5.74) is 2.49. The standard InChI is InChI=1S/C14H16N2/c1-2-8-15-13(5-1)12-6-7-14-11(10-12)4-3-9-16-14/h3-4,6-7,9-10,13,15H,1-2,5,8H2/t13-/m0/s1. The van der Waals surface area contributed by atoms with Crippen LogP contribution in [0.15, 0.2) is 36.5 Å². The van der Waals surface area contributed by atoms with Crippen molar-refractivity contribution >= 4 is 10.9 Å². The van der Waals surface area contributed by atoms with Gasteiger partial charge in [0.2, 0.25) is 0 Å². The Balaban J connectivity index is 1.97. The van der Waals surface area contributed by atoms with E-state index in [-0.39, 0.29) is 0 Å². The summed E-state index contributed by atoms with van der Waals surface area (Å²) in [5, 5.41) is 4.82. The summed E-state index contributed by atoms with van der Waals surface area (Å²) >= 11 is 0. The van der Waals surface area contributed by atoms with Crippen molar-refractivity contribution in [1.82, 2.24) is 10.3 Å². The van der Waals surface area contributed by atoms with E-state index in [0.717, 1.165) is 12.1 Å². The average Bonchev–Trinajstić information content (AvgIpc) is 2.39. The van der Waals surface area contributed by atoms with E-state index in [1.165, 1.54) is 30.2 Å². The first-order chi connectivity index (χ1) is 7.93. The normalized spacial score (nSPS) is 21.1. The molecule has 2 aromatic rings. The summed E-state index contributed by atoms with van der Waals surface area (Å²) in [6.45, 7) is 1.15. The number of fused-ring (bicyclic) bond motifs is 1. The molecule has 0 radical (unpaired) electrons. The summed E-state index contributed by atoms with van der Waals surface area (Å²) in [6, 6.07) is 11.3. The Morgan fingerprint density at radius 1 is 1.19 bits per heavy atom. The highest BCUT2D eigenvalue weighted by atomic mass is 14.9. The van der Waals surface area contributed by atoms with Gasteiger partial charge in [-0.3, -0.25) is 4.98 Å². The Kier molecular flexibility index (Phi) is 2.58. The van der Waals surface area contributed by atoms with Gasteiger partial charge in [0.05, 0.1) is 5.52 Å². The minimum Gasteiger partial charge on any atom is -0.310 e. The number of piperidine rings is 1. The molecule has 0 aliphatic carbocycles. The number of hydrogen-bond donors (Lipinski definition) is 1. The lowest BCUT2D eigenvalue weighted by molar-refractivity contribution is 0.412. The van der Waals surface area contributed by atoms with Gasteiger partial charge >= 0.3 is 0 Å². The van der Waals surface area contributed by atoms with E-state index in [9.17, 15) is 0 Å². The number of hydrogen-bond acceptors (Lipinski definition) is 2. The van der Waals surface area contributed by atoms with Crippen molar-refractivity contribution in [3.8, 4) is 0 Å². The second-order valence-electron chi connectivity index (χ2n) is 4.46. The van der Waals surface area contributed by atoms with Gasteiger partial charge in [-0.2, -0.15) is 0 Å². The molecule has 82 valence electrons. The Labute approximate surface area is 95.7 Å². The van der Waals surface area contributed by atoms with Crippen LogP contribution in [0.25, 0.3) is 10.9 Å². The van der Waals surface area contributed by atoms with E-state index in [0.29, 0.717) is 6.04 Å². The van der Waals surface area contributed by atoms with Crippen molar-refractivity contribution < 1.29 is 0 Å². The van der Waals surface area contributed by atoms with Gasteiger partial charge in [-0.05, 0) is 43.1 Å². The van der Waals surface area contributed by atoms with Gasteiger partial charge in [0, 0.05) is 17.6 Å². The van der Waals surface area contributed by atoms with Crippen LogP contribution >= 0.6 is 0 Å². The molecule has 2 heterocycles. The van der Waals surface area contributed by atoms with Crippen LogP contribution < -0.4 is 5.32 Å². The molecule has 1 aromatic carbocycles. The Morgan fingerprint density at radius 2 is 2.19 bits per heavy atom. The number of nitrogens with one attached hydrogen (secondary N) is 1. The molecule has 16 heavy (non-hydrogen) atoms. The molecular formula is C14H16N2. The number of aromatic nitrogens is 1. The van der Waals surface area contributed by atoms with Crippen LogP contribution in [0.5, 0.6) is 0 Å². The van der Waals surface area contributed by atoms with Crippen LogP contribution in [-0.4, -0.2) is 11.5 Å². The van der Waals surface area contributed by atoms with Crippen LogP contribution in [-0.2, 0) is 0 Å². The quantitative estimate of drug-likeness (QED) is 0.786. The van der Waals surface area contributed by atoms with E-state index in [1.807, 2.05) is 12.3 Å². The summed E-state index contributed by atoms with van der Waals surface area (Å²) in [5.74, 6) is 0. The zero-order valence-electron chi connectivity index (χ0n) is 9.32. The van der Waals surface area contributed by atoms with Gasteiger partial charge in [0.15, 0.2) is 0 Å². The number of nitrogens with zero attached hydrogens (tertiary/aromatic N) is 1. The van der Waals surface area contributed by atoms with E-state index >= 15 is 0 Å². The SMILES string of the molecule is c1cnc2ccc([C@@H]3CCCCN3)cc2c1. The van der Waals surface area contributed by atoms with Gasteiger partial charge in [-0.15, -0.1) is 0 Å². The van der Waals surface area contributed by atoms with Gasteiger partial charge in [0.1, 0.15) is 0 Å². The fourth-order valence-corrected chi connectivity index (χ4v) is 2.45. The second-order valence-corrected chi connectivity index (χ2v) is 4.46. The molecule has 0 bridgehead atoms. The first-order valence-electron chi connectivity index (χ1n) is 6.01. The Bertz CT molecular complexity index is 487. The van der Waals surface area contributed by atoms with Gasteiger partial charge < -0.3 is 5.32 Å². The van der Waals surface area contributed by atoms with Crippen molar-refractivity contribution in [2.24, 2.45) is 0 Å². The summed E-state index contributed by atoms with van der Waals surface area (Å²) in [6.07, 6.45) is 5.75. The zero-order chi connectivity index (χ0) is 10.8. The minimum atomic E-state index is 0.540. The molecule has 1 N–H and O–H groups in total. The van der Waals surface area contributed by atoms with E-state index in [4.69, 9.17) is 0 Å². The van der Waals surface area contributed by atoms with Gasteiger partial charge in [-0.1, -0.05) is 18.6 Å². The van der Waals surface area contributed by atoms with Crippen molar-refractivity contribution in [2.75, 3.05) is 6.54 Å². The third kappa shape index (κ3) is 1.81. The molecule has 2 nitrogen and oxygen atoms in total. The lowest BCUT2D eigenvalue weighted by Gasteiger charge is -2.24. The molecule has 1 aliphatic heterocycles. The summed E-state index contributed by atoms with van der Waals surface area (Å²) < 4.78 is 0. The molecular weight excluding hydrogens is 196 g/mol. The zero-order valence-corrected chi connectivity index (χ0v) is 9.32. The minimum absolute atomic E-state index is 0.540. The van der Waals surface area contributed by atoms with Crippen molar-refractivity contribution in [3.63, 3.8) is 0 Å². The lowest BCUT2D eigenvalue weighted by Crippen LogP contribution is -2.26. The maximum Gasteiger partial charge on any atom is 0.0702 e. The molecule has 1 saturated heterocycles. The first-order valence-corrected chi connectivity index (χ1v) is 6.01. The molecule has 1 aromatic heterocycles. The maximum absolute atomic E-state index is 4.35. The fourth-order valence-electron chi connectivity index (χ4n) is 2.45. The fraction of sp³-hybridized carbons (Fsp3) is 0.357. The molecule has 0 amide bonds. The van der Waals surface area contributed by atoms with Crippen molar-refractivity contribution in [1.29, 1.82) is 0 Å².